The van der Waals surface area contributed by atoms with Gasteiger partial charge in [0.25, 0.3) is 10.0 Å². The van der Waals surface area contributed by atoms with Crippen molar-refractivity contribution < 1.29 is 13.2 Å². The molecule has 7 nitrogen and oxygen atoms in total. The number of hydrogen-bond donors (Lipinski definition) is 2. The molecule has 158 valence electrons. The quantitative estimate of drug-likeness (QED) is 0.787. The number of sulfonamides is 1. The van der Waals surface area contributed by atoms with Crippen molar-refractivity contribution in [1.82, 2.24) is 15.5 Å². The number of urea groups is 1. The van der Waals surface area contributed by atoms with Gasteiger partial charge in [0.05, 0.1) is 0 Å². The van der Waals surface area contributed by atoms with Crippen molar-refractivity contribution in [3.8, 4) is 0 Å². The molecule has 0 atom stereocenters. The molecule has 8 heteroatoms. The molecule has 2 amide bonds. The monoisotopic (exact) mass is 418 g/mol. The minimum Gasteiger partial charge on any atom is -0.356 e. The number of hydrogen-bond acceptors (Lipinski definition) is 4. The van der Waals surface area contributed by atoms with Gasteiger partial charge < -0.3 is 15.5 Å². The van der Waals surface area contributed by atoms with Crippen molar-refractivity contribution in [3.05, 3.63) is 41.0 Å². The van der Waals surface area contributed by atoms with E-state index in [1.807, 2.05) is 49.9 Å². The maximum atomic E-state index is 12.8. The Morgan fingerprint density at radius 3 is 2.38 bits per heavy atom. The van der Waals surface area contributed by atoms with Crippen LogP contribution in [0.4, 0.5) is 4.79 Å². The number of nitrogens with one attached hydrogen (secondary N) is 2. The lowest BCUT2D eigenvalue weighted by Crippen LogP contribution is -2.50. The van der Waals surface area contributed by atoms with E-state index in [2.05, 4.69) is 22.0 Å². The molecule has 1 aromatic rings. The maximum absolute atomic E-state index is 12.8. The van der Waals surface area contributed by atoms with Crippen LogP contribution in [0.1, 0.15) is 51.7 Å². The number of nitrogens with zero attached hydrogens (tertiary/aromatic N) is 2. The lowest BCUT2D eigenvalue weighted by Gasteiger charge is -2.34. The summed E-state index contributed by atoms with van der Waals surface area (Å²) in [5, 5.41) is 5.82. The normalized spacial score (nSPS) is 19.5. The van der Waals surface area contributed by atoms with Crippen LogP contribution in [0.15, 0.2) is 34.2 Å². The van der Waals surface area contributed by atoms with E-state index in [-0.39, 0.29) is 18.1 Å². The third-order valence-corrected chi connectivity index (χ3v) is 6.79. The van der Waals surface area contributed by atoms with Gasteiger partial charge in [0.1, 0.15) is 10.7 Å². The van der Waals surface area contributed by atoms with Gasteiger partial charge in [-0.05, 0) is 51.2 Å². The van der Waals surface area contributed by atoms with E-state index < -0.39 is 10.0 Å². The minimum atomic E-state index is -3.71. The Morgan fingerprint density at radius 1 is 1.21 bits per heavy atom. The zero-order valence-electron chi connectivity index (χ0n) is 17.5. The maximum Gasteiger partial charge on any atom is 0.315 e. The predicted molar refractivity (Wildman–Crippen MR) is 116 cm³/mol. The van der Waals surface area contributed by atoms with E-state index in [9.17, 15) is 13.2 Å². The van der Waals surface area contributed by atoms with Gasteiger partial charge in [0.2, 0.25) is 0 Å². The van der Waals surface area contributed by atoms with Gasteiger partial charge in [-0.25, -0.2) is 4.79 Å². The Kier molecular flexibility index (Phi) is 6.31. The molecule has 3 rings (SSSR count). The summed E-state index contributed by atoms with van der Waals surface area (Å²) in [5.74, 6) is 0.532. The summed E-state index contributed by atoms with van der Waals surface area (Å²) in [6.07, 6.45) is 2.40. The molecule has 0 aromatic heterocycles. The number of aryl methyl sites for hydroxylation is 1. The van der Waals surface area contributed by atoms with Gasteiger partial charge in [0, 0.05) is 30.7 Å². The van der Waals surface area contributed by atoms with Crippen molar-refractivity contribution in [1.29, 1.82) is 0 Å². The molecule has 2 aliphatic heterocycles. The highest BCUT2D eigenvalue weighted by atomic mass is 32.2. The molecule has 2 aliphatic rings. The molecule has 0 radical (unpaired) electrons. The fourth-order valence-electron chi connectivity index (χ4n) is 3.80. The zero-order chi connectivity index (χ0) is 21.2. The average molecular weight is 419 g/mol. The SMILES string of the molecule is CCc1ccc(C2=C(C)C(N3CCC(NC(=O)NC(C)C)CC3)=NS2(=O)=O)cc1. The van der Waals surface area contributed by atoms with Crippen LogP contribution in [0.2, 0.25) is 0 Å². The molecule has 0 aliphatic carbocycles. The number of amides is 2. The van der Waals surface area contributed by atoms with Crippen LogP contribution in [0.3, 0.4) is 0 Å². The van der Waals surface area contributed by atoms with Gasteiger partial charge >= 0.3 is 6.03 Å². The topological polar surface area (TPSA) is 90.9 Å². The number of benzene rings is 1. The van der Waals surface area contributed by atoms with Crippen LogP contribution in [0.25, 0.3) is 4.91 Å². The molecule has 2 N–H and O–H groups in total. The Hall–Kier alpha value is -2.35. The van der Waals surface area contributed by atoms with Crippen LogP contribution < -0.4 is 10.6 Å². The Morgan fingerprint density at radius 2 is 1.83 bits per heavy atom. The first-order valence-electron chi connectivity index (χ1n) is 10.2. The molecular formula is C21H30N4O3S. The first-order chi connectivity index (χ1) is 13.7. The summed E-state index contributed by atoms with van der Waals surface area (Å²) >= 11 is 0. The molecule has 2 heterocycles. The van der Waals surface area contributed by atoms with Crippen LogP contribution in [-0.4, -0.2) is 50.4 Å². The number of carbonyl (C=O) groups is 1. The molecule has 1 saturated heterocycles. The highest BCUT2D eigenvalue weighted by molar-refractivity contribution is 8.00. The van der Waals surface area contributed by atoms with Crippen molar-refractivity contribution in [3.63, 3.8) is 0 Å². The van der Waals surface area contributed by atoms with Gasteiger partial charge in [-0.15, -0.1) is 4.40 Å². The van der Waals surface area contributed by atoms with Crippen molar-refractivity contribution >= 4 is 26.8 Å². The second-order valence-electron chi connectivity index (χ2n) is 7.93. The zero-order valence-corrected chi connectivity index (χ0v) is 18.3. The third kappa shape index (κ3) is 4.80. The molecule has 29 heavy (non-hydrogen) atoms. The van der Waals surface area contributed by atoms with Crippen LogP contribution >= 0.6 is 0 Å². The lowest BCUT2D eigenvalue weighted by molar-refractivity contribution is 0.224. The van der Waals surface area contributed by atoms with E-state index in [0.29, 0.717) is 35.0 Å². The molecule has 1 fully saturated rings. The third-order valence-electron chi connectivity index (χ3n) is 5.31. The van der Waals surface area contributed by atoms with Gasteiger partial charge in [-0.2, -0.15) is 8.42 Å². The number of likely N-dealkylation sites (tertiary alicyclic amines) is 1. The Bertz CT molecular complexity index is 925. The van der Waals surface area contributed by atoms with Crippen LogP contribution in [0, 0.1) is 0 Å². The smallest absolute Gasteiger partial charge is 0.315 e. The van der Waals surface area contributed by atoms with E-state index >= 15 is 0 Å². The summed E-state index contributed by atoms with van der Waals surface area (Å²) in [6.45, 7) is 9.04. The largest absolute Gasteiger partial charge is 0.356 e. The Balaban J connectivity index is 1.71. The van der Waals surface area contributed by atoms with Gasteiger partial charge in [-0.3, -0.25) is 0 Å². The standard InChI is InChI=1S/C21H30N4O3S/c1-5-16-6-8-17(9-7-16)19-15(4)20(24-29(19,27)28)25-12-10-18(11-13-25)23-21(26)22-14(2)3/h6-9,14,18H,5,10-13H2,1-4H3,(H2,22,23,26). The number of carbonyl (C=O) groups excluding carboxylic acids is 1. The summed E-state index contributed by atoms with van der Waals surface area (Å²) in [6, 6.07) is 7.65. The van der Waals surface area contributed by atoms with E-state index in [1.54, 1.807) is 0 Å². The van der Waals surface area contributed by atoms with Gasteiger partial charge in [-0.1, -0.05) is 31.2 Å². The Labute approximate surface area is 173 Å². The number of rotatable bonds is 4. The first-order valence-corrected chi connectivity index (χ1v) is 11.6. The fourth-order valence-corrected chi connectivity index (χ4v) is 5.28. The van der Waals surface area contributed by atoms with Crippen LogP contribution in [0.5, 0.6) is 0 Å². The molecule has 0 spiro atoms. The van der Waals surface area contributed by atoms with E-state index in [1.165, 1.54) is 5.56 Å². The molecule has 0 bridgehead atoms. The summed E-state index contributed by atoms with van der Waals surface area (Å²) < 4.78 is 29.6. The van der Waals surface area contributed by atoms with E-state index in [4.69, 9.17) is 0 Å². The van der Waals surface area contributed by atoms with E-state index in [0.717, 1.165) is 19.3 Å². The highest BCUT2D eigenvalue weighted by Gasteiger charge is 2.35. The summed E-state index contributed by atoms with van der Waals surface area (Å²) in [4.78, 5) is 14.2. The first kappa shape index (κ1) is 21.4. The average Bonchev–Trinajstić information content (AvgIpc) is 2.90. The summed E-state index contributed by atoms with van der Waals surface area (Å²) in [7, 11) is -3.71. The van der Waals surface area contributed by atoms with Crippen LogP contribution in [-0.2, 0) is 16.4 Å². The van der Waals surface area contributed by atoms with Crippen molar-refractivity contribution in [2.75, 3.05) is 13.1 Å². The minimum absolute atomic E-state index is 0.0777. The molecule has 0 saturated carbocycles. The second kappa shape index (κ2) is 8.57. The predicted octanol–water partition coefficient (Wildman–Crippen LogP) is 2.89. The molecule has 1 aromatic carbocycles. The second-order valence-corrected chi connectivity index (χ2v) is 9.47. The van der Waals surface area contributed by atoms with Gasteiger partial charge in [0.15, 0.2) is 0 Å². The lowest BCUT2D eigenvalue weighted by atomic mass is 10.0. The highest BCUT2D eigenvalue weighted by Crippen LogP contribution is 2.34. The van der Waals surface area contributed by atoms with Crippen molar-refractivity contribution in [2.45, 2.75) is 59.0 Å². The number of amidine groups is 1. The van der Waals surface area contributed by atoms with Crippen molar-refractivity contribution in [2.24, 2.45) is 4.40 Å². The molecular weight excluding hydrogens is 388 g/mol. The summed E-state index contributed by atoms with van der Waals surface area (Å²) in [5.41, 5.74) is 2.54. The number of piperidine rings is 1. The molecule has 0 unspecified atom stereocenters. The fraction of sp³-hybridized carbons (Fsp3) is 0.524.